The van der Waals surface area contributed by atoms with Crippen LogP contribution in [-0.2, 0) is 9.53 Å². The highest BCUT2D eigenvalue weighted by Gasteiger charge is 2.40. The zero-order valence-electron chi connectivity index (χ0n) is 10.9. The van der Waals surface area contributed by atoms with Crippen molar-refractivity contribution in [3.05, 3.63) is 0 Å². The number of rotatable bonds is 7. The molecule has 0 aromatic heterocycles. The molecule has 0 saturated heterocycles. The van der Waals surface area contributed by atoms with Crippen LogP contribution >= 0.6 is 50.7 Å². The maximum Gasteiger partial charge on any atom is 0.306 e. The number of hydrogen-bond acceptors (Lipinski definition) is 2. The van der Waals surface area contributed by atoms with Crippen LogP contribution in [0.15, 0.2) is 0 Å². The van der Waals surface area contributed by atoms with Gasteiger partial charge in [0.05, 0.1) is 13.0 Å². The summed E-state index contributed by atoms with van der Waals surface area (Å²) in [4.78, 5) is 11.7. The van der Waals surface area contributed by atoms with Crippen molar-refractivity contribution in [1.29, 1.82) is 0 Å². The van der Waals surface area contributed by atoms with Gasteiger partial charge in [-0.2, -0.15) is 0 Å². The molecule has 0 aliphatic carbocycles. The number of halogens is 4. The summed E-state index contributed by atoms with van der Waals surface area (Å²) < 4.78 is 3.70. The first-order valence-corrected chi connectivity index (χ1v) is 8.12. The number of hydrogen-bond donors (Lipinski definition) is 0. The van der Waals surface area contributed by atoms with Crippen LogP contribution in [0, 0.1) is 5.41 Å². The van der Waals surface area contributed by atoms with Crippen LogP contribution in [0.1, 0.15) is 46.5 Å². The molecule has 1 unspecified atom stereocenters. The van der Waals surface area contributed by atoms with E-state index in [1.165, 1.54) is 0 Å². The summed E-state index contributed by atoms with van der Waals surface area (Å²) in [6, 6.07) is 0. The molecule has 18 heavy (non-hydrogen) atoms. The molecule has 0 heterocycles. The zero-order valence-corrected chi connectivity index (χ0v) is 14.8. The highest BCUT2D eigenvalue weighted by Crippen LogP contribution is 2.45. The smallest absolute Gasteiger partial charge is 0.306 e. The van der Waals surface area contributed by atoms with E-state index in [0.29, 0.717) is 19.4 Å². The molecule has 1 atom stereocenters. The van der Waals surface area contributed by atoms with Crippen molar-refractivity contribution in [2.75, 3.05) is 6.61 Å². The van der Waals surface area contributed by atoms with E-state index in [2.05, 4.69) is 15.9 Å². The first-order chi connectivity index (χ1) is 8.20. The molecule has 0 aromatic carbocycles. The van der Waals surface area contributed by atoms with Crippen molar-refractivity contribution in [2.45, 2.75) is 55.1 Å². The van der Waals surface area contributed by atoms with Gasteiger partial charge in [0.15, 0.2) is 3.79 Å². The number of carbonyl (C=O) groups is 1. The van der Waals surface area contributed by atoms with Crippen LogP contribution in [0.4, 0.5) is 0 Å². The number of carbonyl (C=O) groups excluding carboxylic acids is 1. The Balaban J connectivity index is 4.84. The molecule has 0 rings (SSSR count). The van der Waals surface area contributed by atoms with Gasteiger partial charge in [0.1, 0.15) is 0 Å². The highest BCUT2D eigenvalue weighted by atomic mass is 79.9. The summed E-state index contributed by atoms with van der Waals surface area (Å²) in [5, 5.41) is 0. The fourth-order valence-electron chi connectivity index (χ4n) is 1.97. The lowest BCUT2D eigenvalue weighted by Gasteiger charge is -2.37. The Morgan fingerprint density at radius 1 is 1.22 bits per heavy atom. The third kappa shape index (κ3) is 6.31. The molecule has 0 fully saturated rings. The Morgan fingerprint density at radius 2 is 1.72 bits per heavy atom. The van der Waals surface area contributed by atoms with Crippen molar-refractivity contribution in [2.24, 2.45) is 5.41 Å². The number of alkyl halides is 4. The van der Waals surface area contributed by atoms with Crippen LogP contribution in [0.3, 0.4) is 0 Å². The van der Waals surface area contributed by atoms with E-state index in [4.69, 9.17) is 39.5 Å². The van der Waals surface area contributed by atoms with Gasteiger partial charge in [0.2, 0.25) is 0 Å². The van der Waals surface area contributed by atoms with E-state index in [0.717, 1.165) is 12.8 Å². The molecular weight excluding hydrogens is 362 g/mol. The Labute approximate surface area is 133 Å². The van der Waals surface area contributed by atoms with Gasteiger partial charge in [-0.15, -0.1) is 0 Å². The molecule has 0 aliphatic rings. The van der Waals surface area contributed by atoms with Crippen LogP contribution in [0.5, 0.6) is 0 Å². The molecule has 0 aliphatic heterocycles. The second-order valence-electron chi connectivity index (χ2n) is 4.34. The molecule has 6 heteroatoms. The van der Waals surface area contributed by atoms with Gasteiger partial charge in [-0.05, 0) is 25.2 Å². The molecule has 0 radical (unpaired) electrons. The Kier molecular flexibility index (Phi) is 8.56. The maximum atomic E-state index is 11.7. The van der Waals surface area contributed by atoms with Gasteiger partial charge >= 0.3 is 5.97 Å². The minimum Gasteiger partial charge on any atom is -0.466 e. The second kappa shape index (κ2) is 8.18. The monoisotopic (exact) mass is 380 g/mol. The van der Waals surface area contributed by atoms with Gasteiger partial charge in [-0.25, -0.2) is 0 Å². The third-order valence-corrected chi connectivity index (χ3v) is 5.04. The predicted octanol–water partition coefficient (Wildman–Crippen LogP) is 5.27. The Hall–Kier alpha value is 0.820. The lowest BCUT2D eigenvalue weighted by molar-refractivity contribution is -0.146. The Morgan fingerprint density at radius 3 is 2.06 bits per heavy atom. The summed E-state index contributed by atoms with van der Waals surface area (Å²) >= 11 is 21.1. The fourth-order valence-corrected chi connectivity index (χ4v) is 4.29. The van der Waals surface area contributed by atoms with E-state index >= 15 is 0 Å². The van der Waals surface area contributed by atoms with E-state index in [-0.39, 0.29) is 16.2 Å². The molecular formula is C12H20BrCl3O2. The maximum absolute atomic E-state index is 11.7. The SMILES string of the molecule is CCOC(=O)CC(CC)(CC)C(Br)CC(Cl)(Cl)Cl. The van der Waals surface area contributed by atoms with Gasteiger partial charge < -0.3 is 4.74 Å². The van der Waals surface area contributed by atoms with Crippen LogP contribution in [0.2, 0.25) is 0 Å². The summed E-state index contributed by atoms with van der Waals surface area (Å²) in [5.74, 6) is -0.199. The minimum absolute atomic E-state index is 0.0445. The van der Waals surface area contributed by atoms with Crippen molar-refractivity contribution in [3.63, 3.8) is 0 Å². The summed E-state index contributed by atoms with van der Waals surface area (Å²) in [7, 11) is 0. The largest absolute Gasteiger partial charge is 0.466 e. The molecule has 0 N–H and O–H groups in total. The van der Waals surface area contributed by atoms with Crippen molar-refractivity contribution < 1.29 is 9.53 Å². The van der Waals surface area contributed by atoms with Gasteiger partial charge in [-0.1, -0.05) is 64.6 Å². The first kappa shape index (κ1) is 18.8. The van der Waals surface area contributed by atoms with E-state index < -0.39 is 3.79 Å². The highest BCUT2D eigenvalue weighted by molar-refractivity contribution is 9.09. The fraction of sp³-hybridized carbons (Fsp3) is 0.917. The predicted molar refractivity (Wildman–Crippen MR) is 81.9 cm³/mol. The summed E-state index contributed by atoms with van der Waals surface area (Å²) in [5.41, 5.74) is -0.240. The lowest BCUT2D eigenvalue weighted by Crippen LogP contribution is -2.35. The molecule has 0 spiro atoms. The number of ether oxygens (including phenoxy) is 1. The molecule has 0 saturated carbocycles. The van der Waals surface area contributed by atoms with Crippen LogP contribution < -0.4 is 0 Å². The normalized spacial score (nSPS) is 14.4. The summed E-state index contributed by atoms with van der Waals surface area (Å²) in [6.07, 6.45) is 2.33. The van der Waals surface area contributed by atoms with E-state index in [9.17, 15) is 4.79 Å². The molecule has 108 valence electrons. The lowest BCUT2D eigenvalue weighted by atomic mass is 9.75. The molecule has 0 amide bonds. The summed E-state index contributed by atoms with van der Waals surface area (Å²) in [6.45, 7) is 6.26. The standard InChI is InChI=1S/C12H20BrCl3O2/c1-4-11(5-2,8-10(17)18-6-3)9(13)7-12(14,15)16/h9H,4-8H2,1-3H3. The third-order valence-electron chi connectivity index (χ3n) is 3.29. The van der Waals surface area contributed by atoms with Crippen molar-refractivity contribution >= 4 is 56.7 Å². The molecule has 0 bridgehead atoms. The Bertz CT molecular complexity index is 263. The topological polar surface area (TPSA) is 26.3 Å². The van der Waals surface area contributed by atoms with Crippen molar-refractivity contribution in [3.8, 4) is 0 Å². The zero-order chi connectivity index (χ0) is 14.4. The molecule has 2 nitrogen and oxygen atoms in total. The van der Waals surface area contributed by atoms with E-state index in [1.807, 2.05) is 13.8 Å². The first-order valence-electron chi connectivity index (χ1n) is 6.07. The van der Waals surface area contributed by atoms with E-state index in [1.54, 1.807) is 6.92 Å². The average Bonchev–Trinajstić information content (AvgIpc) is 2.24. The van der Waals surface area contributed by atoms with Gasteiger partial charge in [0, 0.05) is 11.2 Å². The van der Waals surface area contributed by atoms with Crippen LogP contribution in [0.25, 0.3) is 0 Å². The van der Waals surface area contributed by atoms with Gasteiger partial charge in [-0.3, -0.25) is 4.79 Å². The number of esters is 1. The second-order valence-corrected chi connectivity index (χ2v) is 7.96. The van der Waals surface area contributed by atoms with Crippen LogP contribution in [-0.4, -0.2) is 21.2 Å². The minimum atomic E-state index is -1.32. The average molecular weight is 383 g/mol. The quantitative estimate of drug-likeness (QED) is 0.443. The molecule has 0 aromatic rings. The van der Waals surface area contributed by atoms with Gasteiger partial charge in [0.25, 0.3) is 0 Å². The van der Waals surface area contributed by atoms with Crippen molar-refractivity contribution in [1.82, 2.24) is 0 Å².